The minimum Gasteiger partial charge on any atom is -0.493 e. The van der Waals surface area contributed by atoms with Gasteiger partial charge in [-0.3, -0.25) is 19.6 Å². The second-order valence-electron chi connectivity index (χ2n) is 17.2. The third-order valence-electron chi connectivity index (χ3n) is 12.5. The number of alkyl halides is 3. The van der Waals surface area contributed by atoms with Gasteiger partial charge in [0.05, 0.1) is 108 Å². The zero-order chi connectivity index (χ0) is 50.5. The zero-order valence-electron chi connectivity index (χ0n) is 39.3. The average molecular weight is 1040 g/mol. The number of hydrogen-bond acceptors (Lipinski definition) is 13. The van der Waals surface area contributed by atoms with E-state index in [1.165, 1.54) is 19.5 Å². The van der Waals surface area contributed by atoms with Crippen LogP contribution in [0.3, 0.4) is 0 Å². The van der Waals surface area contributed by atoms with Gasteiger partial charge in [-0.2, -0.15) is 13.2 Å². The molecule has 72 heavy (non-hydrogen) atoms. The van der Waals surface area contributed by atoms with E-state index in [9.17, 15) is 22.8 Å². The van der Waals surface area contributed by atoms with Gasteiger partial charge in [0.2, 0.25) is 0 Å². The number of nitrogens with one attached hydrogen (secondary N) is 6. The zero-order valence-corrected chi connectivity index (χ0v) is 40.8. The number of rotatable bonds is 14. The molecule has 4 aliphatic heterocycles. The molecule has 22 heteroatoms. The molecule has 0 radical (unpaired) electrons. The Hall–Kier alpha value is -6.71. The van der Waals surface area contributed by atoms with Gasteiger partial charge in [0.25, 0.3) is 11.8 Å². The number of nitrogens with zero attached hydrogens (tertiary/aromatic N) is 2. The first-order valence-corrected chi connectivity index (χ1v) is 23.9. The molecule has 2 amide bonds. The third-order valence-corrected chi connectivity index (χ3v) is 13.1. The number of carbonyl (C=O) groups excluding carboxylic acids is 2. The van der Waals surface area contributed by atoms with Gasteiger partial charge in [0.1, 0.15) is 36.9 Å². The van der Waals surface area contributed by atoms with Crippen LogP contribution in [0.25, 0.3) is 22.5 Å². The molecule has 1 unspecified atom stereocenters. The van der Waals surface area contributed by atoms with Crippen LogP contribution in [0.15, 0.2) is 73.3 Å². The number of amides is 2. The number of ether oxygens (including phenoxy) is 7. The summed E-state index contributed by atoms with van der Waals surface area (Å²) < 4.78 is 80.5. The minimum absolute atomic E-state index is 0.0588. The summed E-state index contributed by atoms with van der Waals surface area (Å²) in [6.07, 6.45) is 2.95. The number of pyridine rings is 2. The number of H-pyrrole nitrogens is 2. The number of aromatic amines is 2. The highest BCUT2D eigenvalue weighted by Gasteiger charge is 2.46. The Bertz CT molecular complexity index is 2920. The molecule has 10 rings (SSSR count). The molecular formula is C50H51Cl2F3N8O9. The van der Waals surface area contributed by atoms with Crippen LogP contribution in [0.1, 0.15) is 57.8 Å². The normalized spacial score (nSPS) is 19.4. The summed E-state index contributed by atoms with van der Waals surface area (Å²) in [6.45, 7) is 5.50. The molecule has 2 aromatic carbocycles. The highest BCUT2D eigenvalue weighted by atomic mass is 35.5. The Labute approximate surface area is 421 Å². The van der Waals surface area contributed by atoms with Crippen molar-refractivity contribution in [2.75, 3.05) is 71.0 Å². The van der Waals surface area contributed by atoms with Crippen LogP contribution in [-0.2, 0) is 20.6 Å². The fourth-order valence-electron chi connectivity index (χ4n) is 8.93. The lowest BCUT2D eigenvalue weighted by atomic mass is 9.98. The van der Waals surface area contributed by atoms with Gasteiger partial charge < -0.3 is 64.4 Å². The second-order valence-corrected chi connectivity index (χ2v) is 18.0. The van der Waals surface area contributed by atoms with Crippen LogP contribution in [0.4, 0.5) is 35.9 Å². The Morgan fingerprint density at radius 2 is 1.36 bits per heavy atom. The van der Waals surface area contributed by atoms with Gasteiger partial charge >= 0.3 is 6.18 Å². The fourth-order valence-corrected chi connectivity index (χ4v) is 9.43. The van der Waals surface area contributed by atoms with E-state index in [0.717, 1.165) is 24.1 Å². The first-order chi connectivity index (χ1) is 34.8. The maximum Gasteiger partial charge on any atom is 0.409 e. The molecular weight excluding hydrogens is 984 g/mol. The van der Waals surface area contributed by atoms with Crippen molar-refractivity contribution >= 4 is 57.8 Å². The van der Waals surface area contributed by atoms with Crippen molar-refractivity contribution in [2.45, 2.75) is 56.5 Å². The van der Waals surface area contributed by atoms with E-state index < -0.39 is 24.5 Å². The molecule has 8 heterocycles. The molecule has 2 saturated heterocycles. The summed E-state index contributed by atoms with van der Waals surface area (Å²) in [5.41, 5.74) is 5.90. The van der Waals surface area contributed by atoms with E-state index >= 15 is 0 Å². The Balaban J connectivity index is 0.000000178. The van der Waals surface area contributed by atoms with E-state index in [2.05, 4.69) is 48.1 Å². The summed E-state index contributed by atoms with van der Waals surface area (Å²) in [5.74, 6) is 0.843. The summed E-state index contributed by atoms with van der Waals surface area (Å²) in [6, 6.07) is 11.9. The van der Waals surface area contributed by atoms with Gasteiger partial charge in [-0.05, 0) is 49.2 Å². The third kappa shape index (κ3) is 10.7. The first kappa shape index (κ1) is 50.2. The summed E-state index contributed by atoms with van der Waals surface area (Å²) in [5, 5.41) is 12.4. The van der Waals surface area contributed by atoms with E-state index in [4.69, 9.17) is 56.4 Å². The molecule has 4 aliphatic rings. The highest BCUT2D eigenvalue weighted by molar-refractivity contribution is 6.33. The molecule has 0 aliphatic carbocycles. The summed E-state index contributed by atoms with van der Waals surface area (Å²) >= 11 is 12.6. The largest absolute Gasteiger partial charge is 0.493 e. The monoisotopic (exact) mass is 1030 g/mol. The van der Waals surface area contributed by atoms with E-state index in [1.807, 2.05) is 18.2 Å². The lowest BCUT2D eigenvalue weighted by Crippen LogP contribution is -2.50. The number of carbonyl (C=O) groups is 2. The van der Waals surface area contributed by atoms with Gasteiger partial charge in [-0.25, -0.2) is 0 Å². The number of anilines is 4. The molecule has 2 fully saturated rings. The Morgan fingerprint density at radius 3 is 1.93 bits per heavy atom. The van der Waals surface area contributed by atoms with Crippen molar-refractivity contribution in [1.29, 1.82) is 0 Å². The lowest BCUT2D eigenvalue weighted by Gasteiger charge is -2.26. The number of para-hydroxylation sites is 2. The summed E-state index contributed by atoms with van der Waals surface area (Å²) in [7, 11) is 3.00. The molecule has 380 valence electrons. The van der Waals surface area contributed by atoms with Crippen molar-refractivity contribution in [3.63, 3.8) is 0 Å². The van der Waals surface area contributed by atoms with E-state index in [1.54, 1.807) is 49.8 Å². The fraction of sp³-hybridized carbons (Fsp3) is 0.360. The number of aromatic nitrogens is 4. The van der Waals surface area contributed by atoms with E-state index in [-0.39, 0.29) is 41.0 Å². The predicted octanol–water partition coefficient (Wildman–Crippen LogP) is 9.38. The first-order valence-electron chi connectivity index (χ1n) is 23.1. The number of halogens is 5. The van der Waals surface area contributed by atoms with Gasteiger partial charge in [-0.15, -0.1) is 0 Å². The molecule has 6 N–H and O–H groups in total. The second kappa shape index (κ2) is 22.0. The topological polar surface area (TPSA) is 204 Å². The molecule has 17 nitrogen and oxygen atoms in total. The standard InChI is InChI=1S/C25H24ClF3N4O4.C25H27ClN4O5/c1-35-23-15(26)5-2-6-16(23)31-22-20-17(10-19(25(27,28)29)33-24(20)34)32-21(22)14-7-8-30-11-18(14)37-12-13-4-3-9-36-13;1-14-10-28-25(31)20-21(14)30-22(23(20)29-18-5-3-4-17(26)24(18)32-2)16-6-7-27-11-19(16)35-13-15-12-33-8-9-34-15/h2,5-8,11,13,19,31-32H,3-4,9-10,12H2,1H3,(H,33,34);3-7,11,14-15,29-30H,8-10,12-13H2,1-2H3,(H,28,31)/t13-,19?;14-,15-/m01/s1. The SMILES string of the molecule is COc1c(Cl)cccc1Nc1c(-c2ccncc2OC[C@@H]2CCCO2)[nH]c2c1C(=O)NC(C(F)(F)F)C2.COc1c(Cl)cccc1Nc1c(-c2ccncc2OC[C@H]2COCCO2)[nH]c2c1C(=O)NC[C@H]2C. The van der Waals surface area contributed by atoms with Gasteiger partial charge in [-0.1, -0.05) is 42.3 Å². The van der Waals surface area contributed by atoms with Crippen molar-refractivity contribution in [1.82, 2.24) is 30.6 Å². The number of methoxy groups -OCH3 is 2. The Morgan fingerprint density at radius 1 is 0.764 bits per heavy atom. The van der Waals surface area contributed by atoms with Gasteiger partial charge in [0, 0.05) is 60.4 Å². The van der Waals surface area contributed by atoms with E-state index in [0.29, 0.717) is 119 Å². The number of benzene rings is 2. The van der Waals surface area contributed by atoms with Crippen molar-refractivity contribution in [2.24, 2.45) is 0 Å². The van der Waals surface area contributed by atoms with Crippen LogP contribution in [0.2, 0.25) is 10.0 Å². The molecule has 4 aromatic heterocycles. The van der Waals surface area contributed by atoms with Crippen LogP contribution in [0, 0.1) is 0 Å². The van der Waals surface area contributed by atoms with Crippen molar-refractivity contribution < 1.29 is 55.9 Å². The highest BCUT2D eigenvalue weighted by Crippen LogP contribution is 2.46. The van der Waals surface area contributed by atoms with Crippen LogP contribution >= 0.6 is 23.2 Å². The van der Waals surface area contributed by atoms with Gasteiger partial charge in [0.15, 0.2) is 11.5 Å². The maximum atomic E-state index is 13.5. The van der Waals surface area contributed by atoms with Crippen LogP contribution < -0.4 is 40.2 Å². The van der Waals surface area contributed by atoms with Crippen LogP contribution in [0.5, 0.6) is 23.0 Å². The van der Waals surface area contributed by atoms with Crippen molar-refractivity contribution in [3.8, 4) is 45.5 Å². The molecule has 0 saturated carbocycles. The maximum absolute atomic E-state index is 13.5. The Kier molecular flexibility index (Phi) is 15.3. The number of hydrogen-bond donors (Lipinski definition) is 6. The van der Waals surface area contributed by atoms with Crippen LogP contribution in [-0.4, -0.2) is 117 Å². The quantitative estimate of drug-likeness (QED) is 0.0603. The van der Waals surface area contributed by atoms with Crippen molar-refractivity contribution in [3.05, 3.63) is 106 Å². The average Bonchev–Trinajstić information content (AvgIpc) is 4.13. The minimum atomic E-state index is -4.60. The molecule has 0 spiro atoms. The molecule has 4 atom stereocenters. The lowest BCUT2D eigenvalue weighted by molar-refractivity contribution is -0.153. The molecule has 6 aromatic rings. The predicted molar refractivity (Wildman–Crippen MR) is 263 cm³/mol. The molecule has 0 bridgehead atoms. The number of fused-ring (bicyclic) bond motifs is 2. The summed E-state index contributed by atoms with van der Waals surface area (Å²) in [4.78, 5) is 41.0. The smallest absolute Gasteiger partial charge is 0.409 e.